The third-order valence-corrected chi connectivity index (χ3v) is 3.46. The molecule has 5 nitrogen and oxygen atoms in total. The van der Waals surface area contributed by atoms with Gasteiger partial charge in [0.25, 0.3) is 0 Å². The molecule has 0 amide bonds. The summed E-state index contributed by atoms with van der Waals surface area (Å²) < 4.78 is 54.5. The maximum Gasteiger partial charge on any atom is 0.416 e. The first kappa shape index (κ1) is 18.5. The standard InChI is InChI=1S/C19H15F3N2O3/c1-25-16-11-17(27-15-9-5-8-14(10-15)19(20,21)22)24-18(23-16)26-12-13-6-3-2-4-7-13/h2-11H,12H2,1H3. The predicted molar refractivity (Wildman–Crippen MR) is 90.9 cm³/mol. The number of rotatable bonds is 6. The van der Waals surface area contributed by atoms with Gasteiger partial charge in [0.15, 0.2) is 0 Å². The van der Waals surface area contributed by atoms with E-state index < -0.39 is 11.7 Å². The van der Waals surface area contributed by atoms with E-state index in [-0.39, 0.29) is 30.1 Å². The van der Waals surface area contributed by atoms with Crippen LogP contribution in [0.3, 0.4) is 0 Å². The van der Waals surface area contributed by atoms with Crippen molar-refractivity contribution >= 4 is 0 Å². The molecule has 0 N–H and O–H groups in total. The van der Waals surface area contributed by atoms with Crippen molar-refractivity contribution in [2.45, 2.75) is 12.8 Å². The van der Waals surface area contributed by atoms with Crippen molar-refractivity contribution in [2.75, 3.05) is 7.11 Å². The molecule has 0 bridgehead atoms. The minimum atomic E-state index is -4.47. The SMILES string of the molecule is COc1cc(Oc2cccc(C(F)(F)F)c2)nc(OCc2ccccc2)n1. The van der Waals surface area contributed by atoms with Crippen molar-refractivity contribution in [3.8, 4) is 23.5 Å². The monoisotopic (exact) mass is 376 g/mol. The Morgan fingerprint density at radius 2 is 1.63 bits per heavy atom. The van der Waals surface area contributed by atoms with E-state index in [2.05, 4.69) is 9.97 Å². The van der Waals surface area contributed by atoms with E-state index in [0.717, 1.165) is 17.7 Å². The average molecular weight is 376 g/mol. The van der Waals surface area contributed by atoms with Crippen molar-refractivity contribution in [1.82, 2.24) is 9.97 Å². The molecule has 3 aromatic rings. The van der Waals surface area contributed by atoms with Crippen molar-refractivity contribution < 1.29 is 27.4 Å². The molecule has 0 spiro atoms. The fourth-order valence-corrected chi connectivity index (χ4v) is 2.18. The molecule has 2 aromatic carbocycles. The largest absolute Gasteiger partial charge is 0.481 e. The second kappa shape index (κ2) is 7.94. The lowest BCUT2D eigenvalue weighted by atomic mass is 10.2. The van der Waals surface area contributed by atoms with Crippen LogP contribution in [0.5, 0.6) is 23.5 Å². The van der Waals surface area contributed by atoms with E-state index in [1.807, 2.05) is 30.3 Å². The number of methoxy groups -OCH3 is 1. The molecule has 0 unspecified atom stereocenters. The molecule has 0 aliphatic rings. The van der Waals surface area contributed by atoms with E-state index in [0.29, 0.717) is 0 Å². The Labute approximate surface area is 153 Å². The summed E-state index contributed by atoms with van der Waals surface area (Å²) in [4.78, 5) is 8.12. The number of hydrogen-bond acceptors (Lipinski definition) is 5. The Morgan fingerprint density at radius 1 is 0.889 bits per heavy atom. The first-order chi connectivity index (χ1) is 12.9. The van der Waals surface area contributed by atoms with Crippen LogP contribution in [0.1, 0.15) is 11.1 Å². The molecule has 0 radical (unpaired) electrons. The van der Waals surface area contributed by atoms with Crippen molar-refractivity contribution in [2.24, 2.45) is 0 Å². The molecule has 3 rings (SSSR count). The van der Waals surface area contributed by atoms with Gasteiger partial charge in [-0.25, -0.2) is 0 Å². The van der Waals surface area contributed by atoms with E-state index in [4.69, 9.17) is 14.2 Å². The maximum atomic E-state index is 12.8. The first-order valence-electron chi connectivity index (χ1n) is 7.89. The highest BCUT2D eigenvalue weighted by atomic mass is 19.4. The zero-order valence-corrected chi connectivity index (χ0v) is 14.2. The molecule has 0 saturated heterocycles. The lowest BCUT2D eigenvalue weighted by molar-refractivity contribution is -0.137. The van der Waals surface area contributed by atoms with Gasteiger partial charge in [0.2, 0.25) is 11.8 Å². The molecule has 0 aliphatic carbocycles. The summed E-state index contributed by atoms with van der Waals surface area (Å²) in [6.45, 7) is 0.219. The summed E-state index contributed by atoms with van der Waals surface area (Å²) in [5.74, 6) is 0.152. The number of nitrogens with zero attached hydrogens (tertiary/aromatic N) is 2. The van der Waals surface area contributed by atoms with Gasteiger partial charge in [-0.1, -0.05) is 36.4 Å². The zero-order valence-electron chi connectivity index (χ0n) is 14.2. The fourth-order valence-electron chi connectivity index (χ4n) is 2.18. The van der Waals surface area contributed by atoms with Crippen LogP contribution in [0.2, 0.25) is 0 Å². The minimum absolute atomic E-state index is 0.00392. The van der Waals surface area contributed by atoms with Gasteiger partial charge in [-0.15, -0.1) is 0 Å². The van der Waals surface area contributed by atoms with E-state index in [1.165, 1.54) is 25.3 Å². The predicted octanol–water partition coefficient (Wildman–Crippen LogP) is 4.88. The summed E-state index contributed by atoms with van der Waals surface area (Å²) in [5.41, 5.74) is 0.0887. The van der Waals surface area contributed by atoms with Gasteiger partial charge in [-0.3, -0.25) is 0 Å². The highest BCUT2D eigenvalue weighted by molar-refractivity contribution is 5.34. The van der Waals surface area contributed by atoms with Crippen molar-refractivity contribution in [1.29, 1.82) is 0 Å². The molecular weight excluding hydrogens is 361 g/mol. The van der Waals surface area contributed by atoms with Crippen LogP contribution in [-0.2, 0) is 12.8 Å². The smallest absolute Gasteiger partial charge is 0.416 e. The molecular formula is C19H15F3N2O3. The normalized spacial score (nSPS) is 11.1. The lowest BCUT2D eigenvalue weighted by Crippen LogP contribution is -2.05. The number of halogens is 3. The van der Waals surface area contributed by atoms with Gasteiger partial charge in [-0.2, -0.15) is 23.1 Å². The fraction of sp³-hybridized carbons (Fsp3) is 0.158. The number of benzene rings is 2. The molecule has 1 heterocycles. The van der Waals surface area contributed by atoms with Crippen LogP contribution < -0.4 is 14.2 Å². The third-order valence-electron chi connectivity index (χ3n) is 3.46. The number of ether oxygens (including phenoxy) is 3. The third kappa shape index (κ3) is 5.10. The van der Waals surface area contributed by atoms with Crippen molar-refractivity contribution in [3.63, 3.8) is 0 Å². The van der Waals surface area contributed by atoms with Gasteiger partial charge >= 0.3 is 12.2 Å². The van der Waals surface area contributed by atoms with Crippen LogP contribution in [-0.4, -0.2) is 17.1 Å². The Morgan fingerprint density at radius 3 is 2.33 bits per heavy atom. The second-order valence-corrected chi connectivity index (χ2v) is 5.43. The average Bonchev–Trinajstić information content (AvgIpc) is 2.66. The molecule has 0 aliphatic heterocycles. The summed E-state index contributed by atoms with van der Waals surface area (Å²) in [7, 11) is 1.40. The second-order valence-electron chi connectivity index (χ2n) is 5.43. The molecule has 1 aromatic heterocycles. The molecule has 0 saturated carbocycles. The van der Waals surface area contributed by atoms with Gasteiger partial charge in [0.05, 0.1) is 18.7 Å². The van der Waals surface area contributed by atoms with Crippen molar-refractivity contribution in [3.05, 3.63) is 71.8 Å². The first-order valence-corrected chi connectivity index (χ1v) is 7.89. The van der Waals surface area contributed by atoms with Gasteiger partial charge in [0, 0.05) is 0 Å². The summed E-state index contributed by atoms with van der Waals surface area (Å²) in [5, 5.41) is 0. The molecule has 140 valence electrons. The Bertz CT molecular complexity index is 902. The Kier molecular flexibility index (Phi) is 5.44. The topological polar surface area (TPSA) is 53.5 Å². The molecule has 27 heavy (non-hydrogen) atoms. The van der Waals surface area contributed by atoms with E-state index in [1.54, 1.807) is 0 Å². The van der Waals surface area contributed by atoms with Crippen LogP contribution in [0.4, 0.5) is 13.2 Å². The van der Waals surface area contributed by atoms with E-state index >= 15 is 0 Å². The van der Waals surface area contributed by atoms with Gasteiger partial charge < -0.3 is 14.2 Å². The lowest BCUT2D eigenvalue weighted by Gasteiger charge is -2.11. The van der Waals surface area contributed by atoms with Crippen LogP contribution in [0, 0.1) is 0 Å². The van der Waals surface area contributed by atoms with Gasteiger partial charge in [-0.05, 0) is 23.8 Å². The van der Waals surface area contributed by atoms with E-state index in [9.17, 15) is 13.2 Å². The summed E-state index contributed by atoms with van der Waals surface area (Å²) in [6, 6.07) is 15.2. The zero-order chi connectivity index (χ0) is 19.3. The maximum absolute atomic E-state index is 12.8. The summed E-state index contributed by atoms with van der Waals surface area (Å²) in [6.07, 6.45) is -4.47. The van der Waals surface area contributed by atoms with Crippen LogP contribution in [0.15, 0.2) is 60.7 Å². The highest BCUT2D eigenvalue weighted by Gasteiger charge is 2.30. The molecule has 8 heteroatoms. The quantitative estimate of drug-likeness (QED) is 0.614. The number of aromatic nitrogens is 2. The highest BCUT2D eigenvalue weighted by Crippen LogP contribution is 2.33. The molecule has 0 atom stereocenters. The number of hydrogen-bond donors (Lipinski definition) is 0. The number of alkyl halides is 3. The minimum Gasteiger partial charge on any atom is -0.481 e. The van der Waals surface area contributed by atoms with Crippen LogP contribution in [0.25, 0.3) is 0 Å². The molecule has 0 fully saturated rings. The van der Waals surface area contributed by atoms with Gasteiger partial charge in [0.1, 0.15) is 12.4 Å². The van der Waals surface area contributed by atoms with Crippen LogP contribution >= 0.6 is 0 Å². The Hall–Kier alpha value is -3.29. The summed E-state index contributed by atoms with van der Waals surface area (Å²) >= 11 is 0. The Balaban J connectivity index is 1.79.